The van der Waals surface area contributed by atoms with E-state index in [1.807, 2.05) is 29.6 Å². The number of halogens is 1. The van der Waals surface area contributed by atoms with Gasteiger partial charge in [-0.3, -0.25) is 0 Å². The molecule has 2 rings (SSSR count). The Hall–Kier alpha value is -1.23. The molecule has 0 aliphatic rings. The normalized spacial score (nSPS) is 9.71. The van der Waals surface area contributed by atoms with Crippen molar-refractivity contribution in [2.75, 3.05) is 0 Å². The standard InChI is InChI=1S/C12H7ClS/c1-2-10-11(4-3-5-12(10)13)9-6-7-14-8-9/h1,3-8H. The van der Waals surface area contributed by atoms with Gasteiger partial charge in [-0.2, -0.15) is 11.3 Å². The number of hydrogen-bond acceptors (Lipinski definition) is 1. The molecule has 0 fully saturated rings. The van der Waals surface area contributed by atoms with Crippen LogP contribution in [0.15, 0.2) is 35.0 Å². The summed E-state index contributed by atoms with van der Waals surface area (Å²) in [7, 11) is 0. The number of hydrogen-bond donors (Lipinski definition) is 0. The van der Waals surface area contributed by atoms with E-state index in [4.69, 9.17) is 18.0 Å². The van der Waals surface area contributed by atoms with Crippen LogP contribution in [0.1, 0.15) is 5.56 Å². The van der Waals surface area contributed by atoms with Crippen molar-refractivity contribution in [1.29, 1.82) is 0 Å². The lowest BCUT2D eigenvalue weighted by Gasteiger charge is -2.03. The van der Waals surface area contributed by atoms with E-state index >= 15 is 0 Å². The van der Waals surface area contributed by atoms with E-state index < -0.39 is 0 Å². The first-order valence-corrected chi connectivity index (χ1v) is 5.42. The zero-order chi connectivity index (χ0) is 9.97. The van der Waals surface area contributed by atoms with Gasteiger partial charge in [0.25, 0.3) is 0 Å². The van der Waals surface area contributed by atoms with Crippen molar-refractivity contribution in [2.45, 2.75) is 0 Å². The Kier molecular flexibility index (Phi) is 2.58. The zero-order valence-electron chi connectivity index (χ0n) is 7.33. The maximum absolute atomic E-state index is 6.01. The van der Waals surface area contributed by atoms with Crippen LogP contribution in [0.4, 0.5) is 0 Å². The van der Waals surface area contributed by atoms with Crippen molar-refractivity contribution in [3.05, 3.63) is 45.6 Å². The molecular weight excluding hydrogens is 212 g/mol. The van der Waals surface area contributed by atoms with E-state index in [9.17, 15) is 0 Å². The summed E-state index contributed by atoms with van der Waals surface area (Å²) >= 11 is 7.66. The molecule has 0 radical (unpaired) electrons. The largest absolute Gasteiger partial charge is 0.152 e. The average molecular weight is 219 g/mol. The van der Waals surface area contributed by atoms with Gasteiger partial charge in [0.15, 0.2) is 0 Å². The van der Waals surface area contributed by atoms with Gasteiger partial charge in [0, 0.05) is 0 Å². The highest BCUT2D eigenvalue weighted by Gasteiger charge is 2.06. The summed E-state index contributed by atoms with van der Waals surface area (Å²) in [6, 6.07) is 7.75. The van der Waals surface area contributed by atoms with Gasteiger partial charge in [0.2, 0.25) is 0 Å². The zero-order valence-corrected chi connectivity index (χ0v) is 8.90. The molecule has 0 aliphatic carbocycles. The second kappa shape index (κ2) is 3.88. The fraction of sp³-hybridized carbons (Fsp3) is 0. The third kappa shape index (κ3) is 1.55. The van der Waals surface area contributed by atoms with Gasteiger partial charge in [0.1, 0.15) is 0 Å². The summed E-state index contributed by atoms with van der Waals surface area (Å²) in [6.45, 7) is 0. The smallest absolute Gasteiger partial charge is 0.0568 e. The molecular formula is C12H7ClS. The molecule has 0 amide bonds. The van der Waals surface area contributed by atoms with Crippen molar-refractivity contribution in [1.82, 2.24) is 0 Å². The minimum absolute atomic E-state index is 0.635. The van der Waals surface area contributed by atoms with Crippen LogP contribution in [0.3, 0.4) is 0 Å². The lowest BCUT2D eigenvalue weighted by Crippen LogP contribution is -1.83. The Morgan fingerprint density at radius 2 is 2.14 bits per heavy atom. The Morgan fingerprint density at radius 1 is 1.29 bits per heavy atom. The predicted molar refractivity (Wildman–Crippen MR) is 62.7 cm³/mol. The van der Waals surface area contributed by atoms with Gasteiger partial charge >= 0.3 is 0 Å². The molecule has 0 atom stereocenters. The van der Waals surface area contributed by atoms with E-state index in [0.29, 0.717) is 5.02 Å². The second-order valence-corrected chi connectivity index (χ2v) is 4.01. The molecule has 0 unspecified atom stereocenters. The van der Waals surface area contributed by atoms with Crippen LogP contribution in [-0.2, 0) is 0 Å². The maximum Gasteiger partial charge on any atom is 0.0568 e. The minimum atomic E-state index is 0.635. The molecule has 0 N–H and O–H groups in total. The first-order chi connectivity index (χ1) is 6.83. The molecule has 0 saturated heterocycles. The van der Waals surface area contributed by atoms with Crippen LogP contribution in [0.25, 0.3) is 11.1 Å². The van der Waals surface area contributed by atoms with Crippen molar-refractivity contribution in [3.63, 3.8) is 0 Å². The molecule has 1 aromatic heterocycles. The van der Waals surface area contributed by atoms with E-state index in [-0.39, 0.29) is 0 Å². The van der Waals surface area contributed by atoms with Gasteiger partial charge in [-0.1, -0.05) is 29.7 Å². The SMILES string of the molecule is C#Cc1c(Cl)cccc1-c1ccsc1. The molecule has 2 aromatic rings. The molecule has 0 saturated carbocycles. The summed E-state index contributed by atoms with van der Waals surface area (Å²) in [5.74, 6) is 2.62. The van der Waals surface area contributed by atoms with Crippen LogP contribution in [0, 0.1) is 12.3 Å². The first-order valence-electron chi connectivity index (χ1n) is 4.10. The van der Waals surface area contributed by atoms with Gasteiger partial charge in [-0.15, -0.1) is 6.42 Å². The summed E-state index contributed by atoms with van der Waals surface area (Å²) in [6.07, 6.45) is 5.43. The summed E-state index contributed by atoms with van der Waals surface area (Å²) in [4.78, 5) is 0. The quantitative estimate of drug-likeness (QED) is 0.634. The van der Waals surface area contributed by atoms with Crippen LogP contribution >= 0.6 is 22.9 Å². The second-order valence-electron chi connectivity index (χ2n) is 2.82. The summed E-state index contributed by atoms with van der Waals surface area (Å²) < 4.78 is 0. The Balaban J connectivity index is 2.66. The first kappa shape index (κ1) is 9.33. The molecule has 0 aliphatic heterocycles. The van der Waals surface area contributed by atoms with Crippen molar-refractivity contribution in [2.24, 2.45) is 0 Å². The number of terminal acetylenes is 1. The van der Waals surface area contributed by atoms with E-state index in [1.54, 1.807) is 11.3 Å². The average Bonchev–Trinajstić information content (AvgIpc) is 2.70. The van der Waals surface area contributed by atoms with Gasteiger partial charge < -0.3 is 0 Å². The molecule has 0 spiro atoms. The fourth-order valence-corrected chi connectivity index (χ4v) is 2.21. The topological polar surface area (TPSA) is 0 Å². The number of benzene rings is 1. The highest BCUT2D eigenvalue weighted by atomic mass is 35.5. The molecule has 2 heteroatoms. The van der Waals surface area contributed by atoms with Crippen molar-refractivity contribution >= 4 is 22.9 Å². The van der Waals surface area contributed by atoms with E-state index in [1.165, 1.54) is 0 Å². The molecule has 1 heterocycles. The maximum atomic E-state index is 6.01. The monoisotopic (exact) mass is 218 g/mol. The van der Waals surface area contributed by atoms with Crippen LogP contribution in [-0.4, -0.2) is 0 Å². The Morgan fingerprint density at radius 3 is 2.79 bits per heavy atom. The molecule has 0 bridgehead atoms. The Labute approximate surface area is 92.2 Å². The molecule has 14 heavy (non-hydrogen) atoms. The summed E-state index contributed by atoms with van der Waals surface area (Å²) in [5, 5.41) is 4.72. The minimum Gasteiger partial charge on any atom is -0.152 e. The van der Waals surface area contributed by atoms with Crippen molar-refractivity contribution < 1.29 is 0 Å². The van der Waals surface area contributed by atoms with Crippen LogP contribution < -0.4 is 0 Å². The third-order valence-corrected chi connectivity index (χ3v) is 2.99. The van der Waals surface area contributed by atoms with E-state index in [0.717, 1.165) is 16.7 Å². The lowest BCUT2D eigenvalue weighted by molar-refractivity contribution is 1.62. The highest BCUT2D eigenvalue weighted by molar-refractivity contribution is 7.08. The lowest BCUT2D eigenvalue weighted by atomic mass is 10.0. The number of rotatable bonds is 1. The predicted octanol–water partition coefficient (Wildman–Crippen LogP) is 4.05. The van der Waals surface area contributed by atoms with Crippen molar-refractivity contribution in [3.8, 4) is 23.5 Å². The Bertz CT molecular complexity index is 478. The highest BCUT2D eigenvalue weighted by Crippen LogP contribution is 2.29. The molecule has 0 nitrogen and oxygen atoms in total. The summed E-state index contributed by atoms with van der Waals surface area (Å²) in [5.41, 5.74) is 2.93. The van der Waals surface area contributed by atoms with Gasteiger partial charge in [-0.25, -0.2) is 0 Å². The third-order valence-electron chi connectivity index (χ3n) is 1.99. The van der Waals surface area contributed by atoms with Crippen LogP contribution in [0.2, 0.25) is 5.02 Å². The van der Waals surface area contributed by atoms with Gasteiger partial charge in [-0.05, 0) is 34.0 Å². The molecule has 1 aromatic carbocycles. The number of thiophene rings is 1. The van der Waals surface area contributed by atoms with Crippen LogP contribution in [0.5, 0.6) is 0 Å². The fourth-order valence-electron chi connectivity index (χ4n) is 1.33. The van der Waals surface area contributed by atoms with E-state index in [2.05, 4.69) is 11.3 Å². The molecule has 68 valence electrons. The van der Waals surface area contributed by atoms with Gasteiger partial charge in [0.05, 0.1) is 10.6 Å².